The highest BCUT2D eigenvalue weighted by atomic mass is 16.5. The second-order valence-corrected chi connectivity index (χ2v) is 7.42. The molecule has 0 aliphatic heterocycles. The van der Waals surface area contributed by atoms with Crippen LogP contribution in [-0.2, 0) is 0 Å². The topological polar surface area (TPSA) is 35.5 Å². The summed E-state index contributed by atoms with van der Waals surface area (Å²) in [5.74, 6) is 2.53. The molecule has 3 nitrogen and oxygen atoms in total. The molecule has 0 atom stereocenters. The zero-order valence-electron chi connectivity index (χ0n) is 16.4. The molecule has 0 aromatic heterocycles. The number of benzene rings is 2. The molecule has 2 aromatic rings. The van der Waals surface area contributed by atoms with Crippen molar-refractivity contribution < 1.29 is 14.3 Å². The van der Waals surface area contributed by atoms with E-state index in [4.69, 9.17) is 9.47 Å². The van der Waals surface area contributed by atoms with Crippen LogP contribution >= 0.6 is 0 Å². The molecular formula is C24H30O3. The molecule has 0 amide bonds. The van der Waals surface area contributed by atoms with Gasteiger partial charge in [0.1, 0.15) is 11.5 Å². The van der Waals surface area contributed by atoms with Crippen molar-refractivity contribution in [3.63, 3.8) is 0 Å². The summed E-state index contributed by atoms with van der Waals surface area (Å²) in [5.41, 5.74) is 1.94. The van der Waals surface area contributed by atoms with E-state index >= 15 is 0 Å². The van der Waals surface area contributed by atoms with Gasteiger partial charge in [-0.1, -0.05) is 31.9 Å². The molecule has 0 spiro atoms. The van der Waals surface area contributed by atoms with Gasteiger partial charge in [-0.2, -0.15) is 0 Å². The third-order valence-electron chi connectivity index (χ3n) is 5.51. The number of carbonyl (C=O) groups is 1. The van der Waals surface area contributed by atoms with Gasteiger partial charge in [-0.25, -0.2) is 4.79 Å². The maximum atomic E-state index is 12.4. The fourth-order valence-corrected chi connectivity index (χ4v) is 4.02. The predicted molar refractivity (Wildman–Crippen MR) is 109 cm³/mol. The highest BCUT2D eigenvalue weighted by Gasteiger charge is 2.22. The monoisotopic (exact) mass is 366 g/mol. The SMILES string of the molecule is CCCC1CCC(c2ccc(C(=O)Oc3ccc(OCC)cc3)cc2)CC1. The number of esters is 1. The highest BCUT2D eigenvalue weighted by molar-refractivity contribution is 5.91. The Morgan fingerprint density at radius 2 is 1.52 bits per heavy atom. The molecule has 1 aliphatic carbocycles. The van der Waals surface area contributed by atoms with Gasteiger partial charge in [0, 0.05) is 0 Å². The Morgan fingerprint density at radius 3 is 2.11 bits per heavy atom. The van der Waals surface area contributed by atoms with Crippen LogP contribution in [0.1, 0.15) is 74.2 Å². The van der Waals surface area contributed by atoms with Crippen LogP contribution < -0.4 is 9.47 Å². The maximum absolute atomic E-state index is 12.4. The van der Waals surface area contributed by atoms with E-state index in [2.05, 4.69) is 19.1 Å². The second kappa shape index (κ2) is 9.59. The minimum Gasteiger partial charge on any atom is -0.494 e. The summed E-state index contributed by atoms with van der Waals surface area (Å²) < 4.78 is 10.9. The largest absolute Gasteiger partial charge is 0.494 e. The van der Waals surface area contributed by atoms with Gasteiger partial charge < -0.3 is 9.47 Å². The van der Waals surface area contributed by atoms with Gasteiger partial charge >= 0.3 is 5.97 Å². The average Bonchev–Trinajstić information content (AvgIpc) is 2.71. The summed E-state index contributed by atoms with van der Waals surface area (Å²) >= 11 is 0. The van der Waals surface area contributed by atoms with Crippen molar-refractivity contribution in [1.29, 1.82) is 0 Å². The van der Waals surface area contributed by atoms with Crippen LogP contribution in [0.3, 0.4) is 0 Å². The van der Waals surface area contributed by atoms with E-state index in [-0.39, 0.29) is 5.97 Å². The molecule has 0 saturated heterocycles. The molecule has 27 heavy (non-hydrogen) atoms. The van der Waals surface area contributed by atoms with Crippen LogP contribution in [0.4, 0.5) is 0 Å². The first-order valence-electron chi connectivity index (χ1n) is 10.2. The molecule has 0 N–H and O–H groups in total. The molecular weight excluding hydrogens is 336 g/mol. The lowest BCUT2D eigenvalue weighted by Crippen LogP contribution is -2.13. The lowest BCUT2D eigenvalue weighted by Gasteiger charge is -2.28. The smallest absolute Gasteiger partial charge is 0.343 e. The summed E-state index contributed by atoms with van der Waals surface area (Å²) in [6, 6.07) is 15.1. The van der Waals surface area contributed by atoms with Gasteiger partial charge in [-0.15, -0.1) is 0 Å². The number of hydrogen-bond donors (Lipinski definition) is 0. The quantitative estimate of drug-likeness (QED) is 0.421. The molecule has 3 heteroatoms. The van der Waals surface area contributed by atoms with Crippen molar-refractivity contribution in [3.05, 3.63) is 59.7 Å². The zero-order valence-corrected chi connectivity index (χ0v) is 16.4. The van der Waals surface area contributed by atoms with Crippen molar-refractivity contribution in [2.24, 2.45) is 5.92 Å². The van der Waals surface area contributed by atoms with E-state index in [1.54, 1.807) is 12.1 Å². The van der Waals surface area contributed by atoms with Crippen LogP contribution in [0.5, 0.6) is 11.5 Å². The van der Waals surface area contributed by atoms with Gasteiger partial charge in [0.15, 0.2) is 0 Å². The van der Waals surface area contributed by atoms with Gasteiger partial charge in [-0.3, -0.25) is 0 Å². The summed E-state index contributed by atoms with van der Waals surface area (Å²) in [5, 5.41) is 0. The summed E-state index contributed by atoms with van der Waals surface area (Å²) in [6.07, 6.45) is 7.85. The standard InChI is InChI=1S/C24H30O3/c1-3-5-18-6-8-19(9-7-18)20-10-12-21(13-11-20)24(25)27-23-16-14-22(15-17-23)26-4-2/h10-19H,3-9H2,1-2H3. The van der Waals surface area contributed by atoms with Crippen molar-refractivity contribution in [1.82, 2.24) is 0 Å². The summed E-state index contributed by atoms with van der Waals surface area (Å²) in [4.78, 5) is 12.4. The highest BCUT2D eigenvalue weighted by Crippen LogP contribution is 2.37. The second-order valence-electron chi connectivity index (χ2n) is 7.42. The fraction of sp³-hybridized carbons (Fsp3) is 0.458. The van der Waals surface area contributed by atoms with Crippen molar-refractivity contribution in [2.45, 2.75) is 58.3 Å². The first kappa shape index (κ1) is 19.5. The van der Waals surface area contributed by atoms with Crippen molar-refractivity contribution in [2.75, 3.05) is 6.61 Å². The van der Waals surface area contributed by atoms with Crippen LogP contribution in [0.2, 0.25) is 0 Å². The first-order chi connectivity index (χ1) is 13.2. The van der Waals surface area contributed by atoms with E-state index in [0.717, 1.165) is 11.7 Å². The number of carbonyl (C=O) groups excluding carboxylic acids is 1. The molecule has 0 bridgehead atoms. The molecule has 1 aliphatic rings. The number of ether oxygens (including phenoxy) is 2. The molecule has 1 fully saturated rings. The van der Waals surface area contributed by atoms with Gasteiger partial charge in [0.05, 0.1) is 12.2 Å². The minimum atomic E-state index is -0.322. The minimum absolute atomic E-state index is 0.322. The van der Waals surface area contributed by atoms with Gasteiger partial charge in [0.25, 0.3) is 0 Å². The lowest BCUT2D eigenvalue weighted by atomic mass is 9.77. The Bertz CT molecular complexity index is 710. The molecule has 0 heterocycles. The van der Waals surface area contributed by atoms with Crippen LogP contribution in [0, 0.1) is 5.92 Å². The Hall–Kier alpha value is -2.29. The molecule has 3 rings (SSSR count). The van der Waals surface area contributed by atoms with Crippen LogP contribution in [0.15, 0.2) is 48.5 Å². The summed E-state index contributed by atoms with van der Waals surface area (Å²) in [6.45, 7) is 4.83. The molecule has 144 valence electrons. The van der Waals surface area contributed by atoms with Crippen molar-refractivity contribution in [3.8, 4) is 11.5 Å². The van der Waals surface area contributed by atoms with Gasteiger partial charge in [0.2, 0.25) is 0 Å². The molecule has 0 unspecified atom stereocenters. The average molecular weight is 367 g/mol. The Balaban J connectivity index is 1.56. The zero-order chi connectivity index (χ0) is 19.1. The normalized spacial score (nSPS) is 19.5. The van der Waals surface area contributed by atoms with Crippen molar-refractivity contribution >= 4 is 5.97 Å². The van der Waals surface area contributed by atoms with E-state index in [1.165, 1.54) is 44.1 Å². The van der Waals surface area contributed by atoms with E-state index in [9.17, 15) is 4.79 Å². The summed E-state index contributed by atoms with van der Waals surface area (Å²) in [7, 11) is 0. The first-order valence-corrected chi connectivity index (χ1v) is 10.2. The third-order valence-corrected chi connectivity index (χ3v) is 5.51. The Labute approximate surface area is 162 Å². The van der Waals surface area contributed by atoms with Crippen LogP contribution in [-0.4, -0.2) is 12.6 Å². The fourth-order valence-electron chi connectivity index (χ4n) is 4.02. The van der Waals surface area contributed by atoms with E-state index in [0.29, 0.717) is 23.8 Å². The molecule has 1 saturated carbocycles. The molecule has 0 radical (unpaired) electrons. The number of rotatable bonds is 7. The van der Waals surface area contributed by atoms with Crippen LogP contribution in [0.25, 0.3) is 0 Å². The number of hydrogen-bond acceptors (Lipinski definition) is 3. The van der Waals surface area contributed by atoms with Gasteiger partial charge in [-0.05, 0) is 86.4 Å². The Morgan fingerprint density at radius 1 is 0.889 bits per heavy atom. The Kier molecular flexibility index (Phi) is 6.92. The maximum Gasteiger partial charge on any atom is 0.343 e. The van der Waals surface area contributed by atoms with E-state index < -0.39 is 0 Å². The third kappa shape index (κ3) is 5.35. The lowest BCUT2D eigenvalue weighted by molar-refractivity contribution is 0.0734. The van der Waals surface area contributed by atoms with E-state index in [1.807, 2.05) is 31.2 Å². The predicted octanol–water partition coefficient (Wildman–Crippen LogP) is 6.38. The molecule has 2 aromatic carbocycles.